The number of nitrogens with two attached hydrogens (primary N) is 1. The Hall–Kier alpha value is -4.68. The first-order chi connectivity index (χ1) is 23.2. The Kier molecular flexibility index (Phi) is 11.8. The molecule has 4 aromatic carbocycles. The van der Waals surface area contributed by atoms with Crippen molar-refractivity contribution in [3.05, 3.63) is 111 Å². The van der Waals surface area contributed by atoms with Gasteiger partial charge in [-0.2, -0.15) is 0 Å². The first-order valence-electron chi connectivity index (χ1n) is 16.6. The van der Waals surface area contributed by atoms with Gasteiger partial charge < -0.3 is 35.2 Å². The van der Waals surface area contributed by atoms with Crippen LogP contribution in [0.4, 0.5) is 21.9 Å². The minimum Gasteiger partial charge on any atom is -0.488 e. The third-order valence-electron chi connectivity index (χ3n) is 8.71. The lowest BCUT2D eigenvalue weighted by atomic mass is 9.96. The van der Waals surface area contributed by atoms with Gasteiger partial charge in [-0.15, -0.1) is 12.4 Å². The molecule has 12 nitrogen and oxygen atoms in total. The molecule has 2 aliphatic heterocycles. The van der Waals surface area contributed by atoms with E-state index >= 15 is 0 Å². The van der Waals surface area contributed by atoms with Crippen LogP contribution in [0.5, 0.6) is 5.75 Å². The van der Waals surface area contributed by atoms with Crippen LogP contribution in [0.15, 0.2) is 55.6 Å². The minimum absolute atomic E-state index is 0. The molecule has 0 atom stereocenters. The predicted octanol–water partition coefficient (Wildman–Crippen LogP) is 3.06. The van der Waals surface area contributed by atoms with E-state index in [9.17, 15) is 24.0 Å². The molecule has 0 fully saturated rings. The van der Waals surface area contributed by atoms with E-state index in [0.29, 0.717) is 56.4 Å². The smallest absolute Gasteiger partial charge is 0.407 e. The number of benzene rings is 2. The maximum absolute atomic E-state index is 12.0. The molecule has 0 unspecified atom stereocenters. The Morgan fingerprint density at radius 2 is 1.36 bits per heavy atom. The largest absolute Gasteiger partial charge is 0.488 e. The maximum Gasteiger partial charge on any atom is 0.407 e. The van der Waals surface area contributed by atoms with Crippen LogP contribution in [-0.2, 0) is 43.8 Å². The molecule has 268 valence electrons. The summed E-state index contributed by atoms with van der Waals surface area (Å²) in [5, 5.41) is 2.75. The summed E-state index contributed by atoms with van der Waals surface area (Å²) in [5.74, 6) is 0.179. The summed E-state index contributed by atoms with van der Waals surface area (Å²) in [4.78, 5) is 64.9. The van der Waals surface area contributed by atoms with Crippen LogP contribution in [0, 0.1) is 0 Å². The van der Waals surface area contributed by atoms with Gasteiger partial charge in [0.15, 0.2) is 5.75 Å². The van der Waals surface area contributed by atoms with Crippen molar-refractivity contribution in [2.24, 2.45) is 5.73 Å². The van der Waals surface area contributed by atoms with Gasteiger partial charge in [-0.25, -0.2) is 4.79 Å². The molecule has 0 saturated heterocycles. The van der Waals surface area contributed by atoms with Crippen molar-refractivity contribution in [3.8, 4) is 5.75 Å². The van der Waals surface area contributed by atoms with Crippen molar-refractivity contribution >= 4 is 35.6 Å². The topological polar surface area (TPSA) is 152 Å². The van der Waals surface area contributed by atoms with E-state index in [1.807, 2.05) is 48.8 Å². The number of anilines is 3. The predicted molar refractivity (Wildman–Crippen MR) is 199 cm³/mol. The molecule has 0 radical (unpaired) electrons. The minimum atomic E-state index is -0.544. The van der Waals surface area contributed by atoms with E-state index < -0.39 is 22.6 Å². The summed E-state index contributed by atoms with van der Waals surface area (Å²) in [7, 11) is 3.59. The molecule has 0 spiro atoms. The number of amides is 1. The van der Waals surface area contributed by atoms with Gasteiger partial charge in [0.25, 0.3) is 21.7 Å². The first kappa shape index (κ1) is 38.1. The zero-order chi connectivity index (χ0) is 35.6. The quantitative estimate of drug-likeness (QED) is 0.260. The van der Waals surface area contributed by atoms with Gasteiger partial charge in [-0.1, -0.05) is 36.4 Å². The van der Waals surface area contributed by atoms with E-state index in [1.165, 1.54) is 16.7 Å². The number of rotatable bonds is 8. The fourth-order valence-electron chi connectivity index (χ4n) is 6.33. The first-order valence-corrected chi connectivity index (χ1v) is 16.6. The molecule has 13 heteroatoms. The molecule has 6 rings (SSSR count). The Labute approximate surface area is 297 Å². The Morgan fingerprint density at radius 3 is 1.90 bits per heavy atom. The number of halogens is 1. The molecule has 50 heavy (non-hydrogen) atoms. The number of nitrogens with one attached hydrogen (secondary N) is 1. The number of nitrogens with zero attached hydrogens (tertiary/aromatic N) is 3. The van der Waals surface area contributed by atoms with Crippen molar-refractivity contribution in [1.29, 1.82) is 0 Å². The van der Waals surface area contributed by atoms with Crippen molar-refractivity contribution in [3.63, 3.8) is 0 Å². The SMILES string of the molecule is CCOc1c(N2CCc3ccc(CNC(=O)OC(C)(C)C)cc3C2)c(=O)c1=O.CN(C)c1c(N2CCc3ccc(CN)cc3C2)c(=O)c1=O.Cl. The summed E-state index contributed by atoms with van der Waals surface area (Å²) < 4.78 is 10.6. The Balaban J connectivity index is 0.000000229. The van der Waals surface area contributed by atoms with Gasteiger partial charge in [0, 0.05) is 53.4 Å². The van der Waals surface area contributed by atoms with Crippen LogP contribution in [0.25, 0.3) is 0 Å². The molecular formula is C37H46ClN5O7. The lowest BCUT2D eigenvalue weighted by molar-refractivity contribution is 0.0523. The van der Waals surface area contributed by atoms with Gasteiger partial charge in [0.05, 0.1) is 6.61 Å². The number of fused-ring (bicyclic) bond motifs is 2. The van der Waals surface area contributed by atoms with E-state index in [-0.39, 0.29) is 29.0 Å². The molecule has 0 saturated carbocycles. The zero-order valence-corrected chi connectivity index (χ0v) is 30.3. The van der Waals surface area contributed by atoms with Crippen LogP contribution in [0.2, 0.25) is 0 Å². The second-order valence-electron chi connectivity index (χ2n) is 13.6. The highest BCUT2D eigenvalue weighted by molar-refractivity contribution is 5.85. The third kappa shape index (κ3) is 8.03. The number of ether oxygens (including phenoxy) is 2. The lowest BCUT2D eigenvalue weighted by Gasteiger charge is -2.33. The molecule has 2 aliphatic rings. The molecule has 2 heterocycles. The highest BCUT2D eigenvalue weighted by Gasteiger charge is 2.31. The van der Waals surface area contributed by atoms with Crippen LogP contribution >= 0.6 is 12.4 Å². The van der Waals surface area contributed by atoms with Crippen molar-refractivity contribution < 1.29 is 14.3 Å². The number of carbonyl (C=O) groups is 1. The molecule has 3 N–H and O–H groups in total. The number of carbonyl (C=O) groups excluding carboxylic acids is 1. The summed E-state index contributed by atoms with van der Waals surface area (Å²) >= 11 is 0. The normalized spacial score (nSPS) is 13.8. The Bertz CT molecular complexity index is 2000. The molecule has 1 amide bonds. The van der Waals surface area contributed by atoms with E-state index in [0.717, 1.165) is 36.1 Å². The molecule has 0 aromatic heterocycles. The summed E-state index contributed by atoms with van der Waals surface area (Å²) in [5.41, 5.74) is 11.7. The number of alkyl carbamates (subject to hydrolysis) is 1. The van der Waals surface area contributed by atoms with Crippen LogP contribution < -0.4 is 52.2 Å². The second-order valence-corrected chi connectivity index (χ2v) is 13.6. The average molecular weight is 708 g/mol. The van der Waals surface area contributed by atoms with Crippen LogP contribution in [0.1, 0.15) is 61.1 Å². The van der Waals surface area contributed by atoms with Crippen LogP contribution in [0.3, 0.4) is 0 Å². The summed E-state index contributed by atoms with van der Waals surface area (Å²) in [6, 6.07) is 12.3. The van der Waals surface area contributed by atoms with E-state index in [2.05, 4.69) is 23.5 Å². The van der Waals surface area contributed by atoms with Crippen molar-refractivity contribution in [2.75, 3.05) is 48.5 Å². The average Bonchev–Trinajstić information content (AvgIpc) is 3.07. The monoisotopic (exact) mass is 707 g/mol. The van der Waals surface area contributed by atoms with Gasteiger partial charge in [-0.3, -0.25) is 19.2 Å². The molecule has 0 aliphatic carbocycles. The third-order valence-corrected chi connectivity index (χ3v) is 8.71. The lowest BCUT2D eigenvalue weighted by Crippen LogP contribution is -2.46. The van der Waals surface area contributed by atoms with Crippen molar-refractivity contribution in [2.45, 2.75) is 72.3 Å². The van der Waals surface area contributed by atoms with Crippen molar-refractivity contribution in [1.82, 2.24) is 5.32 Å². The van der Waals surface area contributed by atoms with Gasteiger partial charge in [0.2, 0.25) is 0 Å². The number of hydrogen-bond acceptors (Lipinski definition) is 11. The van der Waals surface area contributed by atoms with Gasteiger partial charge in [-0.05, 0) is 73.9 Å². The van der Waals surface area contributed by atoms with Gasteiger partial charge in [0.1, 0.15) is 22.7 Å². The maximum atomic E-state index is 12.0. The fourth-order valence-corrected chi connectivity index (χ4v) is 6.33. The highest BCUT2D eigenvalue weighted by atomic mass is 35.5. The zero-order valence-electron chi connectivity index (χ0n) is 29.5. The summed E-state index contributed by atoms with van der Waals surface area (Å²) in [6.45, 7) is 11.1. The number of hydrogen-bond donors (Lipinski definition) is 2. The van der Waals surface area contributed by atoms with E-state index in [1.54, 1.807) is 25.9 Å². The summed E-state index contributed by atoms with van der Waals surface area (Å²) in [6.07, 6.45) is 1.20. The standard InChI is InChI=1S/C21H26N2O5.C16H19N3O2.ClH/c1-5-27-19-16(17(24)18(19)25)23-9-8-14-7-6-13(10-15(14)12-23)11-22-20(26)28-21(2,3)4;1-18(2)13-14(16(21)15(13)20)19-6-5-11-4-3-10(8-17)7-12(11)9-19;/h6-7,10H,5,8-9,11-12H2,1-4H3,(H,22,26);3-4,7H,5-6,8-9,17H2,1-2H3;1H. The highest BCUT2D eigenvalue weighted by Crippen LogP contribution is 2.30. The second kappa shape index (κ2) is 15.5. The van der Waals surface area contributed by atoms with Crippen LogP contribution in [-0.4, -0.2) is 45.5 Å². The molecular weight excluding hydrogens is 662 g/mol. The molecule has 0 bridgehead atoms. The molecule has 4 aromatic rings. The van der Waals surface area contributed by atoms with E-state index in [4.69, 9.17) is 15.2 Å². The van der Waals surface area contributed by atoms with Gasteiger partial charge >= 0.3 is 6.09 Å². The fraction of sp³-hybridized carbons (Fsp3) is 0.432. The Morgan fingerprint density at radius 1 is 0.820 bits per heavy atom.